The van der Waals surface area contributed by atoms with Gasteiger partial charge in [0.05, 0.1) is 27.9 Å². The van der Waals surface area contributed by atoms with Gasteiger partial charge in [-0.1, -0.05) is 0 Å². The van der Waals surface area contributed by atoms with E-state index in [4.69, 9.17) is 5.73 Å². The van der Waals surface area contributed by atoms with Crippen LogP contribution >= 0.6 is 27.3 Å². The van der Waals surface area contributed by atoms with Crippen LogP contribution in [0.25, 0.3) is 0 Å². The SMILES string of the molecule is Cc1cnc(CNS(=O)(=O)c2cc(CN)sc2Br)cn1. The molecular formula is C11H13BrN4O2S2. The average molecular weight is 377 g/mol. The predicted octanol–water partition coefficient (Wildman–Crippen LogP) is 1.55. The normalized spacial score (nSPS) is 11.8. The number of nitrogens with zero attached hydrogens (tertiary/aromatic N) is 2. The van der Waals surface area contributed by atoms with E-state index in [0.29, 0.717) is 16.0 Å². The van der Waals surface area contributed by atoms with Crippen LogP contribution in [0.2, 0.25) is 0 Å². The maximum absolute atomic E-state index is 12.2. The summed E-state index contributed by atoms with van der Waals surface area (Å²) in [5.41, 5.74) is 6.85. The standard InChI is InChI=1S/C11H13BrN4O2S2/c1-7-4-15-8(5-14-7)6-16-20(17,18)10-2-9(3-13)19-11(10)12/h2,4-5,16H,3,6,13H2,1H3. The van der Waals surface area contributed by atoms with Crippen LogP contribution in [-0.2, 0) is 23.1 Å². The summed E-state index contributed by atoms with van der Waals surface area (Å²) in [6.07, 6.45) is 3.14. The van der Waals surface area contributed by atoms with E-state index in [-0.39, 0.29) is 11.4 Å². The van der Waals surface area contributed by atoms with Gasteiger partial charge in [0.1, 0.15) is 4.90 Å². The van der Waals surface area contributed by atoms with E-state index < -0.39 is 10.0 Å². The number of sulfonamides is 1. The number of rotatable bonds is 5. The van der Waals surface area contributed by atoms with E-state index in [1.165, 1.54) is 11.3 Å². The van der Waals surface area contributed by atoms with Crippen molar-refractivity contribution in [2.45, 2.75) is 24.9 Å². The lowest BCUT2D eigenvalue weighted by molar-refractivity contribution is 0.580. The summed E-state index contributed by atoms with van der Waals surface area (Å²) in [5, 5.41) is 0. The number of hydrogen-bond acceptors (Lipinski definition) is 6. The number of nitrogens with one attached hydrogen (secondary N) is 1. The molecule has 2 aromatic rings. The van der Waals surface area contributed by atoms with Gasteiger partial charge < -0.3 is 5.73 Å². The highest BCUT2D eigenvalue weighted by Crippen LogP contribution is 2.31. The lowest BCUT2D eigenvalue weighted by Gasteiger charge is -2.05. The molecule has 0 fully saturated rings. The second-order valence-electron chi connectivity index (χ2n) is 4.03. The van der Waals surface area contributed by atoms with Crippen LogP contribution in [0.3, 0.4) is 0 Å². The predicted molar refractivity (Wildman–Crippen MR) is 80.7 cm³/mol. The van der Waals surface area contributed by atoms with Crippen LogP contribution in [0.1, 0.15) is 16.3 Å². The zero-order chi connectivity index (χ0) is 14.8. The van der Waals surface area contributed by atoms with Crippen LogP contribution in [0, 0.1) is 6.92 Å². The van der Waals surface area contributed by atoms with E-state index in [1.54, 1.807) is 18.5 Å². The molecule has 108 valence electrons. The molecule has 0 atom stereocenters. The van der Waals surface area contributed by atoms with E-state index in [1.807, 2.05) is 6.92 Å². The van der Waals surface area contributed by atoms with Gasteiger partial charge in [0.15, 0.2) is 0 Å². The van der Waals surface area contributed by atoms with E-state index in [2.05, 4.69) is 30.6 Å². The third kappa shape index (κ3) is 3.61. The van der Waals surface area contributed by atoms with E-state index in [9.17, 15) is 8.42 Å². The van der Waals surface area contributed by atoms with Crippen LogP contribution in [0.15, 0.2) is 27.1 Å². The summed E-state index contributed by atoms with van der Waals surface area (Å²) >= 11 is 4.55. The largest absolute Gasteiger partial charge is 0.326 e. The summed E-state index contributed by atoms with van der Waals surface area (Å²) in [6.45, 7) is 2.22. The summed E-state index contributed by atoms with van der Waals surface area (Å²) < 4.78 is 27.4. The van der Waals surface area contributed by atoms with Crippen molar-refractivity contribution in [1.29, 1.82) is 0 Å². The molecule has 20 heavy (non-hydrogen) atoms. The summed E-state index contributed by atoms with van der Waals surface area (Å²) in [4.78, 5) is 9.16. The molecule has 0 aliphatic carbocycles. The summed E-state index contributed by atoms with van der Waals surface area (Å²) in [5.74, 6) is 0. The molecule has 0 aromatic carbocycles. The first-order chi connectivity index (χ1) is 9.42. The maximum Gasteiger partial charge on any atom is 0.242 e. The maximum atomic E-state index is 12.2. The Labute approximate surface area is 129 Å². The minimum absolute atomic E-state index is 0.0931. The van der Waals surface area contributed by atoms with Gasteiger partial charge >= 0.3 is 0 Å². The number of aromatic nitrogens is 2. The highest BCUT2D eigenvalue weighted by Gasteiger charge is 2.20. The van der Waals surface area contributed by atoms with Gasteiger partial charge in [-0.05, 0) is 28.9 Å². The zero-order valence-corrected chi connectivity index (χ0v) is 13.8. The third-order valence-corrected chi connectivity index (χ3v) is 6.15. The minimum Gasteiger partial charge on any atom is -0.326 e. The number of hydrogen-bond donors (Lipinski definition) is 2. The molecule has 0 bridgehead atoms. The van der Waals surface area contributed by atoms with E-state index in [0.717, 1.165) is 10.6 Å². The second kappa shape index (κ2) is 6.27. The molecule has 0 amide bonds. The Balaban J connectivity index is 2.14. The van der Waals surface area contributed by atoms with Crippen molar-refractivity contribution in [3.63, 3.8) is 0 Å². The topological polar surface area (TPSA) is 98.0 Å². The van der Waals surface area contributed by atoms with Gasteiger partial charge in [0.25, 0.3) is 0 Å². The molecule has 2 rings (SSSR count). The summed E-state index contributed by atoms with van der Waals surface area (Å²) in [6, 6.07) is 1.57. The first kappa shape index (κ1) is 15.5. The molecule has 0 unspecified atom stereocenters. The number of thiophene rings is 1. The molecule has 0 saturated heterocycles. The lowest BCUT2D eigenvalue weighted by Crippen LogP contribution is -2.23. The summed E-state index contributed by atoms with van der Waals surface area (Å²) in [7, 11) is -3.60. The number of aryl methyl sites for hydroxylation is 1. The number of halogens is 1. The monoisotopic (exact) mass is 376 g/mol. The van der Waals surface area contributed by atoms with Gasteiger partial charge in [-0.15, -0.1) is 11.3 Å². The smallest absolute Gasteiger partial charge is 0.242 e. The molecule has 9 heteroatoms. The molecule has 0 radical (unpaired) electrons. The molecule has 0 saturated carbocycles. The fraction of sp³-hybridized carbons (Fsp3) is 0.273. The van der Waals surface area contributed by atoms with Gasteiger partial charge in [-0.3, -0.25) is 9.97 Å². The molecular weight excluding hydrogens is 364 g/mol. The van der Waals surface area contributed by atoms with Crippen molar-refractivity contribution in [3.05, 3.63) is 38.5 Å². The van der Waals surface area contributed by atoms with E-state index >= 15 is 0 Å². The first-order valence-electron chi connectivity index (χ1n) is 5.68. The quantitative estimate of drug-likeness (QED) is 0.824. The molecule has 2 aromatic heterocycles. The van der Waals surface area contributed by atoms with Crippen LogP contribution < -0.4 is 10.5 Å². The molecule has 3 N–H and O–H groups in total. The molecule has 2 heterocycles. The molecule has 0 aliphatic heterocycles. The van der Waals surface area contributed by atoms with Crippen molar-refractivity contribution in [3.8, 4) is 0 Å². The van der Waals surface area contributed by atoms with Crippen molar-refractivity contribution < 1.29 is 8.42 Å². The highest BCUT2D eigenvalue weighted by atomic mass is 79.9. The zero-order valence-electron chi connectivity index (χ0n) is 10.6. The Morgan fingerprint density at radius 3 is 2.70 bits per heavy atom. The van der Waals surface area contributed by atoms with Crippen molar-refractivity contribution in [1.82, 2.24) is 14.7 Å². The van der Waals surface area contributed by atoms with Crippen molar-refractivity contribution >= 4 is 37.3 Å². The van der Waals surface area contributed by atoms with Crippen LogP contribution in [0.4, 0.5) is 0 Å². The molecule has 6 nitrogen and oxygen atoms in total. The Bertz CT molecular complexity index is 698. The highest BCUT2D eigenvalue weighted by molar-refractivity contribution is 9.11. The first-order valence-corrected chi connectivity index (χ1v) is 8.77. The fourth-order valence-corrected chi connectivity index (χ4v) is 5.00. The Hall–Kier alpha value is -0.870. The van der Waals surface area contributed by atoms with Crippen molar-refractivity contribution in [2.24, 2.45) is 5.73 Å². The Morgan fingerprint density at radius 2 is 2.15 bits per heavy atom. The minimum atomic E-state index is -3.60. The van der Waals surface area contributed by atoms with Crippen LogP contribution in [-0.4, -0.2) is 18.4 Å². The van der Waals surface area contributed by atoms with Crippen LogP contribution in [0.5, 0.6) is 0 Å². The second-order valence-corrected chi connectivity index (χ2v) is 8.22. The number of nitrogens with two attached hydrogens (primary N) is 1. The Kier molecular flexibility index (Phi) is 4.86. The third-order valence-electron chi connectivity index (χ3n) is 2.47. The molecule has 0 aliphatic rings. The molecule has 0 spiro atoms. The lowest BCUT2D eigenvalue weighted by atomic mass is 10.4. The van der Waals surface area contributed by atoms with Gasteiger partial charge in [0.2, 0.25) is 10.0 Å². The van der Waals surface area contributed by atoms with Gasteiger partial charge in [-0.2, -0.15) is 0 Å². The Morgan fingerprint density at radius 1 is 1.40 bits per heavy atom. The van der Waals surface area contributed by atoms with Crippen molar-refractivity contribution in [2.75, 3.05) is 0 Å². The van der Waals surface area contributed by atoms with Gasteiger partial charge in [-0.25, -0.2) is 13.1 Å². The van der Waals surface area contributed by atoms with Gasteiger partial charge in [0, 0.05) is 17.6 Å². The average Bonchev–Trinajstić information content (AvgIpc) is 2.80. The fourth-order valence-electron chi connectivity index (χ4n) is 1.44.